The van der Waals surface area contributed by atoms with Gasteiger partial charge in [-0.15, -0.1) is 11.8 Å². The lowest BCUT2D eigenvalue weighted by Crippen LogP contribution is -2.28. The number of hydrogen-bond donors (Lipinski definition) is 2. The molecule has 1 heterocycles. The van der Waals surface area contributed by atoms with E-state index in [9.17, 15) is 13.2 Å². The molecule has 1 aliphatic rings. The highest BCUT2D eigenvalue weighted by Gasteiger charge is 2.27. The molecule has 0 aromatic heterocycles. The van der Waals surface area contributed by atoms with E-state index in [-0.39, 0.29) is 16.1 Å². The van der Waals surface area contributed by atoms with Crippen molar-refractivity contribution >= 4 is 39.1 Å². The standard InChI is InChI=1S/C18H20N2O3S2/c1-3-12-5-7-13(8-6-12)20-25(22,23)14-9-10-17-15(11-14)19-18(21)16(4-2)24-17/h5-11,16,20H,3-4H2,1-2H3,(H,19,21). The van der Waals surface area contributed by atoms with Gasteiger partial charge in [-0.3, -0.25) is 9.52 Å². The van der Waals surface area contributed by atoms with E-state index in [1.165, 1.54) is 17.8 Å². The van der Waals surface area contributed by atoms with Crippen LogP contribution >= 0.6 is 11.8 Å². The lowest BCUT2D eigenvalue weighted by atomic mass is 10.2. The Morgan fingerprint density at radius 3 is 2.48 bits per heavy atom. The van der Waals surface area contributed by atoms with Crippen molar-refractivity contribution in [2.45, 2.75) is 41.7 Å². The van der Waals surface area contributed by atoms with Crippen LogP contribution in [0.2, 0.25) is 0 Å². The lowest BCUT2D eigenvalue weighted by molar-refractivity contribution is -0.115. The Bertz CT molecular complexity index is 893. The molecule has 1 atom stereocenters. The van der Waals surface area contributed by atoms with Gasteiger partial charge in [-0.2, -0.15) is 0 Å². The fourth-order valence-electron chi connectivity index (χ4n) is 2.59. The summed E-state index contributed by atoms with van der Waals surface area (Å²) in [5.41, 5.74) is 2.20. The third kappa shape index (κ3) is 3.82. The van der Waals surface area contributed by atoms with E-state index in [1.807, 2.05) is 26.0 Å². The smallest absolute Gasteiger partial charge is 0.261 e. The molecule has 2 N–H and O–H groups in total. The minimum absolute atomic E-state index is 0.0855. The summed E-state index contributed by atoms with van der Waals surface area (Å²) in [6.45, 7) is 4.00. The Morgan fingerprint density at radius 1 is 1.12 bits per heavy atom. The third-order valence-electron chi connectivity index (χ3n) is 4.07. The Morgan fingerprint density at radius 2 is 1.84 bits per heavy atom. The molecular weight excluding hydrogens is 356 g/mol. The molecule has 1 unspecified atom stereocenters. The molecule has 0 aliphatic carbocycles. The van der Waals surface area contributed by atoms with Crippen LogP contribution in [0.15, 0.2) is 52.3 Å². The van der Waals surface area contributed by atoms with Gasteiger partial charge in [0.25, 0.3) is 10.0 Å². The maximum Gasteiger partial charge on any atom is 0.261 e. The monoisotopic (exact) mass is 376 g/mol. The predicted octanol–water partition coefficient (Wildman–Crippen LogP) is 3.87. The number of anilines is 2. The van der Waals surface area contributed by atoms with E-state index >= 15 is 0 Å². The first kappa shape index (κ1) is 17.8. The summed E-state index contributed by atoms with van der Waals surface area (Å²) in [7, 11) is -3.71. The normalized spacial score (nSPS) is 16.9. The molecule has 3 rings (SSSR count). The van der Waals surface area contributed by atoms with Crippen molar-refractivity contribution < 1.29 is 13.2 Å². The van der Waals surface area contributed by atoms with Gasteiger partial charge in [0, 0.05) is 10.6 Å². The first-order valence-corrected chi connectivity index (χ1v) is 10.5. The fraction of sp³-hybridized carbons (Fsp3) is 0.278. The van der Waals surface area contributed by atoms with Crippen molar-refractivity contribution in [1.82, 2.24) is 0 Å². The zero-order chi connectivity index (χ0) is 18.0. The zero-order valence-corrected chi connectivity index (χ0v) is 15.7. The fourth-order valence-corrected chi connectivity index (χ4v) is 4.70. The number of carbonyl (C=O) groups is 1. The number of benzene rings is 2. The highest BCUT2D eigenvalue weighted by Crippen LogP contribution is 2.38. The number of carbonyl (C=O) groups excluding carboxylic acids is 1. The van der Waals surface area contributed by atoms with Crippen molar-refractivity contribution in [2.24, 2.45) is 0 Å². The summed E-state index contributed by atoms with van der Waals surface area (Å²) >= 11 is 1.47. The molecule has 132 valence electrons. The van der Waals surface area contributed by atoms with Crippen LogP contribution in [0.5, 0.6) is 0 Å². The van der Waals surface area contributed by atoms with Crippen LogP contribution in [0.1, 0.15) is 25.8 Å². The van der Waals surface area contributed by atoms with Crippen molar-refractivity contribution in [1.29, 1.82) is 0 Å². The van der Waals surface area contributed by atoms with Gasteiger partial charge in [-0.25, -0.2) is 8.42 Å². The van der Waals surface area contributed by atoms with Crippen LogP contribution < -0.4 is 10.0 Å². The number of hydrogen-bond acceptors (Lipinski definition) is 4. The number of thioether (sulfide) groups is 1. The summed E-state index contributed by atoms with van der Waals surface area (Å²) < 4.78 is 27.8. The molecule has 0 radical (unpaired) electrons. The average molecular weight is 377 g/mol. The van der Waals surface area contributed by atoms with Gasteiger partial charge in [0.05, 0.1) is 15.8 Å². The summed E-state index contributed by atoms with van der Waals surface area (Å²) in [6.07, 6.45) is 1.62. The van der Waals surface area contributed by atoms with Crippen LogP contribution in [-0.4, -0.2) is 19.6 Å². The van der Waals surface area contributed by atoms with Crippen molar-refractivity contribution in [2.75, 3.05) is 10.0 Å². The van der Waals surface area contributed by atoms with Gasteiger partial charge in [-0.1, -0.05) is 26.0 Å². The largest absolute Gasteiger partial charge is 0.324 e. The number of rotatable bonds is 5. The van der Waals surface area contributed by atoms with Gasteiger partial charge < -0.3 is 5.32 Å². The molecule has 0 saturated carbocycles. The first-order valence-electron chi connectivity index (χ1n) is 8.16. The van der Waals surface area contributed by atoms with E-state index in [0.717, 1.165) is 23.3 Å². The Kier molecular flexibility index (Phi) is 5.06. The Labute approximate surface area is 152 Å². The number of nitrogens with one attached hydrogen (secondary N) is 2. The van der Waals surface area contributed by atoms with E-state index < -0.39 is 10.0 Å². The molecule has 2 aromatic rings. The molecule has 5 nitrogen and oxygen atoms in total. The second-order valence-corrected chi connectivity index (χ2v) is 8.74. The molecular formula is C18H20N2O3S2. The minimum atomic E-state index is -3.71. The maximum absolute atomic E-state index is 12.6. The van der Waals surface area contributed by atoms with Gasteiger partial charge in [-0.05, 0) is 48.7 Å². The number of fused-ring (bicyclic) bond motifs is 1. The Hall–Kier alpha value is -1.99. The minimum Gasteiger partial charge on any atom is -0.324 e. The van der Waals surface area contributed by atoms with Crippen LogP contribution in [-0.2, 0) is 21.2 Å². The van der Waals surface area contributed by atoms with Gasteiger partial charge in [0.2, 0.25) is 5.91 Å². The molecule has 0 fully saturated rings. The number of sulfonamides is 1. The SMILES string of the molecule is CCc1ccc(NS(=O)(=O)c2ccc3c(c2)NC(=O)C(CC)S3)cc1. The maximum atomic E-state index is 12.6. The summed E-state index contributed by atoms with van der Waals surface area (Å²) in [6, 6.07) is 12.1. The quantitative estimate of drug-likeness (QED) is 0.830. The summed E-state index contributed by atoms with van der Waals surface area (Å²) in [5.74, 6) is -0.0855. The zero-order valence-electron chi connectivity index (χ0n) is 14.1. The molecule has 0 bridgehead atoms. The molecule has 1 aliphatic heterocycles. The van der Waals surface area contributed by atoms with Crippen LogP contribution in [0.3, 0.4) is 0 Å². The lowest BCUT2D eigenvalue weighted by Gasteiger charge is -2.23. The van der Waals surface area contributed by atoms with Crippen molar-refractivity contribution in [3.63, 3.8) is 0 Å². The highest BCUT2D eigenvalue weighted by atomic mass is 32.2. The third-order valence-corrected chi connectivity index (χ3v) is 6.89. The van der Waals surface area contributed by atoms with E-state index in [4.69, 9.17) is 0 Å². The molecule has 25 heavy (non-hydrogen) atoms. The molecule has 0 spiro atoms. The predicted molar refractivity (Wildman–Crippen MR) is 102 cm³/mol. The number of aryl methyl sites for hydroxylation is 1. The van der Waals surface area contributed by atoms with Crippen molar-refractivity contribution in [3.05, 3.63) is 48.0 Å². The van der Waals surface area contributed by atoms with Gasteiger partial charge in [0.1, 0.15) is 0 Å². The molecule has 7 heteroatoms. The van der Waals surface area contributed by atoms with Crippen LogP contribution in [0, 0.1) is 0 Å². The summed E-state index contributed by atoms with van der Waals surface area (Å²) in [4.78, 5) is 13.0. The summed E-state index contributed by atoms with van der Waals surface area (Å²) in [5, 5.41) is 2.67. The van der Waals surface area contributed by atoms with Crippen molar-refractivity contribution in [3.8, 4) is 0 Å². The molecule has 0 saturated heterocycles. The number of amides is 1. The van der Waals surface area contributed by atoms with Crippen LogP contribution in [0.25, 0.3) is 0 Å². The molecule has 2 aromatic carbocycles. The van der Waals surface area contributed by atoms with E-state index in [2.05, 4.69) is 10.0 Å². The van der Waals surface area contributed by atoms with E-state index in [0.29, 0.717) is 11.4 Å². The Balaban J connectivity index is 1.85. The van der Waals surface area contributed by atoms with Crippen LogP contribution in [0.4, 0.5) is 11.4 Å². The first-order chi connectivity index (χ1) is 11.9. The van der Waals surface area contributed by atoms with E-state index in [1.54, 1.807) is 24.3 Å². The van der Waals surface area contributed by atoms with Gasteiger partial charge in [0.15, 0.2) is 0 Å². The average Bonchev–Trinajstić information content (AvgIpc) is 2.61. The second-order valence-electron chi connectivity index (χ2n) is 5.82. The highest BCUT2D eigenvalue weighted by molar-refractivity contribution is 8.01. The topological polar surface area (TPSA) is 75.3 Å². The second kappa shape index (κ2) is 7.09. The molecule has 1 amide bonds. The van der Waals surface area contributed by atoms with Gasteiger partial charge >= 0.3 is 0 Å².